The first kappa shape index (κ1) is 12.3. The molecule has 0 aromatic carbocycles. The first-order chi connectivity index (χ1) is 6.86. The summed E-state index contributed by atoms with van der Waals surface area (Å²) in [4.78, 5) is 0. The van der Waals surface area contributed by atoms with Gasteiger partial charge in [-0.2, -0.15) is 5.26 Å². The molecule has 0 saturated heterocycles. The second kappa shape index (κ2) is 4.37. The van der Waals surface area contributed by atoms with Gasteiger partial charge in [0.05, 0.1) is 17.6 Å². The molecular formula is C13H21NO. The number of allylic oxidation sites excluding steroid dienone is 2. The second-order valence-corrected chi connectivity index (χ2v) is 5.47. The van der Waals surface area contributed by atoms with Crippen molar-refractivity contribution in [2.45, 2.75) is 46.6 Å². The Morgan fingerprint density at radius 3 is 2.67 bits per heavy atom. The first-order valence-electron chi connectivity index (χ1n) is 5.63. The Hall–Kier alpha value is -0.810. The van der Waals surface area contributed by atoms with Crippen LogP contribution in [0.2, 0.25) is 0 Å². The van der Waals surface area contributed by atoms with Crippen LogP contribution in [0, 0.1) is 28.6 Å². The Balaban J connectivity index is 2.75. The van der Waals surface area contributed by atoms with E-state index in [1.807, 2.05) is 13.8 Å². The summed E-state index contributed by atoms with van der Waals surface area (Å²) in [7, 11) is 0. The monoisotopic (exact) mass is 207 g/mol. The molecule has 0 radical (unpaired) electrons. The Kier molecular flexibility index (Phi) is 3.57. The standard InChI is InChI=1S/C13H21NO/c1-9-5-10(2)7-11(6-9)12(15)13(3,4)8-14/h5,9,11-12,15H,6-7H2,1-4H3. The summed E-state index contributed by atoms with van der Waals surface area (Å²) in [5, 5.41) is 19.2. The highest BCUT2D eigenvalue weighted by Gasteiger charge is 2.36. The lowest BCUT2D eigenvalue weighted by atomic mass is 9.72. The smallest absolute Gasteiger partial charge is 0.0779 e. The maximum absolute atomic E-state index is 10.2. The molecule has 1 rings (SSSR count). The molecule has 2 nitrogen and oxygen atoms in total. The molecule has 2 heteroatoms. The van der Waals surface area contributed by atoms with Crippen molar-refractivity contribution in [1.29, 1.82) is 5.26 Å². The second-order valence-electron chi connectivity index (χ2n) is 5.47. The van der Waals surface area contributed by atoms with Crippen molar-refractivity contribution in [2.24, 2.45) is 17.3 Å². The summed E-state index contributed by atoms with van der Waals surface area (Å²) < 4.78 is 0. The summed E-state index contributed by atoms with van der Waals surface area (Å²) >= 11 is 0. The predicted octanol–water partition coefficient (Wildman–Crippen LogP) is 2.89. The zero-order chi connectivity index (χ0) is 11.6. The molecule has 1 aliphatic carbocycles. The molecule has 0 fully saturated rings. The van der Waals surface area contributed by atoms with Crippen LogP contribution in [0.15, 0.2) is 11.6 Å². The van der Waals surface area contributed by atoms with Crippen molar-refractivity contribution in [3.63, 3.8) is 0 Å². The molecule has 0 aliphatic heterocycles. The van der Waals surface area contributed by atoms with E-state index >= 15 is 0 Å². The topological polar surface area (TPSA) is 44.0 Å². The minimum Gasteiger partial charge on any atom is -0.391 e. The fourth-order valence-electron chi connectivity index (χ4n) is 2.49. The third kappa shape index (κ3) is 2.82. The minimum absolute atomic E-state index is 0.236. The molecule has 84 valence electrons. The van der Waals surface area contributed by atoms with E-state index in [0.717, 1.165) is 12.8 Å². The summed E-state index contributed by atoms with van der Waals surface area (Å²) in [6, 6.07) is 2.20. The highest BCUT2D eigenvalue weighted by atomic mass is 16.3. The van der Waals surface area contributed by atoms with Gasteiger partial charge in [-0.05, 0) is 45.4 Å². The summed E-state index contributed by atoms with van der Waals surface area (Å²) in [6.07, 6.45) is 3.66. The zero-order valence-electron chi connectivity index (χ0n) is 10.1. The van der Waals surface area contributed by atoms with Gasteiger partial charge in [-0.3, -0.25) is 0 Å². The van der Waals surface area contributed by atoms with Crippen molar-refractivity contribution in [3.8, 4) is 6.07 Å². The predicted molar refractivity (Wildman–Crippen MR) is 61.0 cm³/mol. The molecule has 15 heavy (non-hydrogen) atoms. The SMILES string of the molecule is CC1=CC(C)CC(C(O)C(C)(C)C#N)C1. The maximum Gasteiger partial charge on any atom is 0.0779 e. The molecule has 0 aromatic rings. The van der Waals surface area contributed by atoms with Crippen LogP contribution < -0.4 is 0 Å². The van der Waals surface area contributed by atoms with Crippen LogP contribution in [0.3, 0.4) is 0 Å². The fraction of sp³-hybridized carbons (Fsp3) is 0.769. The molecular weight excluding hydrogens is 186 g/mol. The van der Waals surface area contributed by atoms with Crippen LogP contribution >= 0.6 is 0 Å². The van der Waals surface area contributed by atoms with E-state index in [9.17, 15) is 5.11 Å². The van der Waals surface area contributed by atoms with E-state index < -0.39 is 11.5 Å². The number of rotatable bonds is 2. The summed E-state index contributed by atoms with van der Waals surface area (Å²) in [6.45, 7) is 7.91. The van der Waals surface area contributed by atoms with E-state index in [0.29, 0.717) is 5.92 Å². The van der Waals surface area contributed by atoms with Gasteiger partial charge in [0.25, 0.3) is 0 Å². The molecule has 0 amide bonds. The Bertz CT molecular complexity index is 298. The van der Waals surface area contributed by atoms with E-state index in [1.165, 1.54) is 5.57 Å². The normalized spacial score (nSPS) is 29.2. The molecule has 0 spiro atoms. The number of hydrogen-bond acceptors (Lipinski definition) is 2. The number of hydrogen-bond donors (Lipinski definition) is 1. The van der Waals surface area contributed by atoms with Crippen LogP contribution in [0.25, 0.3) is 0 Å². The summed E-state index contributed by atoms with van der Waals surface area (Å²) in [5.41, 5.74) is 0.702. The van der Waals surface area contributed by atoms with Crippen LogP contribution in [-0.2, 0) is 0 Å². The third-order valence-electron chi connectivity index (χ3n) is 3.30. The Morgan fingerprint density at radius 2 is 2.20 bits per heavy atom. The Labute approximate surface area is 92.6 Å². The highest BCUT2D eigenvalue weighted by molar-refractivity contribution is 5.10. The van der Waals surface area contributed by atoms with Crippen LogP contribution in [0.1, 0.15) is 40.5 Å². The minimum atomic E-state index is -0.637. The van der Waals surface area contributed by atoms with Gasteiger partial charge >= 0.3 is 0 Å². The van der Waals surface area contributed by atoms with E-state index in [4.69, 9.17) is 5.26 Å². The van der Waals surface area contributed by atoms with E-state index in [2.05, 4.69) is 26.0 Å². The number of aliphatic hydroxyl groups is 1. The lowest BCUT2D eigenvalue weighted by Crippen LogP contribution is -2.37. The Morgan fingerprint density at radius 1 is 1.60 bits per heavy atom. The van der Waals surface area contributed by atoms with Gasteiger partial charge in [0.2, 0.25) is 0 Å². The molecule has 3 unspecified atom stereocenters. The zero-order valence-corrected chi connectivity index (χ0v) is 10.1. The number of aliphatic hydroxyl groups excluding tert-OH is 1. The van der Waals surface area contributed by atoms with Gasteiger partial charge in [0.15, 0.2) is 0 Å². The quantitative estimate of drug-likeness (QED) is 0.707. The van der Waals surface area contributed by atoms with Crippen LogP contribution in [-0.4, -0.2) is 11.2 Å². The molecule has 1 aliphatic rings. The van der Waals surface area contributed by atoms with Crippen molar-refractivity contribution in [3.05, 3.63) is 11.6 Å². The molecule has 3 atom stereocenters. The highest BCUT2D eigenvalue weighted by Crippen LogP contribution is 2.36. The fourth-order valence-corrected chi connectivity index (χ4v) is 2.49. The van der Waals surface area contributed by atoms with Gasteiger partial charge in [0.1, 0.15) is 0 Å². The van der Waals surface area contributed by atoms with Gasteiger partial charge in [-0.15, -0.1) is 0 Å². The van der Waals surface area contributed by atoms with Crippen LogP contribution in [0.5, 0.6) is 0 Å². The number of nitrogens with zero attached hydrogens (tertiary/aromatic N) is 1. The van der Waals surface area contributed by atoms with Crippen molar-refractivity contribution >= 4 is 0 Å². The van der Waals surface area contributed by atoms with E-state index in [-0.39, 0.29) is 5.92 Å². The lowest BCUT2D eigenvalue weighted by Gasteiger charge is -2.34. The largest absolute Gasteiger partial charge is 0.391 e. The van der Waals surface area contributed by atoms with Crippen molar-refractivity contribution in [1.82, 2.24) is 0 Å². The average molecular weight is 207 g/mol. The van der Waals surface area contributed by atoms with Crippen LogP contribution in [0.4, 0.5) is 0 Å². The molecule has 1 N–H and O–H groups in total. The maximum atomic E-state index is 10.2. The molecule has 0 aromatic heterocycles. The number of nitriles is 1. The molecule has 0 bridgehead atoms. The first-order valence-corrected chi connectivity index (χ1v) is 5.63. The van der Waals surface area contributed by atoms with Crippen molar-refractivity contribution < 1.29 is 5.11 Å². The lowest BCUT2D eigenvalue weighted by molar-refractivity contribution is 0.0217. The van der Waals surface area contributed by atoms with Gasteiger partial charge in [0, 0.05) is 0 Å². The molecule has 0 heterocycles. The van der Waals surface area contributed by atoms with Gasteiger partial charge in [-0.1, -0.05) is 18.6 Å². The van der Waals surface area contributed by atoms with E-state index in [1.54, 1.807) is 0 Å². The van der Waals surface area contributed by atoms with Gasteiger partial charge in [-0.25, -0.2) is 0 Å². The molecule has 0 saturated carbocycles. The van der Waals surface area contributed by atoms with Gasteiger partial charge < -0.3 is 5.11 Å². The van der Waals surface area contributed by atoms with Crippen molar-refractivity contribution in [2.75, 3.05) is 0 Å². The third-order valence-corrected chi connectivity index (χ3v) is 3.30. The summed E-state index contributed by atoms with van der Waals surface area (Å²) in [5.74, 6) is 0.757. The average Bonchev–Trinajstić information content (AvgIpc) is 2.15.